The number of hydrogen-bond acceptors (Lipinski definition) is 4. The summed E-state index contributed by atoms with van der Waals surface area (Å²) in [5.41, 5.74) is 2.13. The molecule has 8 heteroatoms. The topological polar surface area (TPSA) is 66.9 Å². The molecule has 142 valence electrons. The summed E-state index contributed by atoms with van der Waals surface area (Å²) in [5.74, 6) is -0.0321. The van der Waals surface area contributed by atoms with Crippen molar-refractivity contribution in [2.45, 2.75) is 11.3 Å². The second kappa shape index (κ2) is 7.26. The maximum Gasteiger partial charge on any atom is 0.264 e. The van der Waals surface area contributed by atoms with Crippen LogP contribution in [0, 0.1) is 0 Å². The van der Waals surface area contributed by atoms with Gasteiger partial charge in [0.15, 0.2) is 0 Å². The Hall–Kier alpha value is -1.90. The van der Waals surface area contributed by atoms with Crippen LogP contribution in [0.1, 0.15) is 15.9 Å². The summed E-state index contributed by atoms with van der Waals surface area (Å²) in [6, 6.07) is 11.9. The van der Waals surface area contributed by atoms with E-state index >= 15 is 0 Å². The van der Waals surface area contributed by atoms with Crippen LogP contribution in [0.2, 0.25) is 0 Å². The molecule has 2 aromatic carbocycles. The molecule has 2 heterocycles. The molecular formula is C19H19BrN2O4S. The molecule has 1 saturated heterocycles. The summed E-state index contributed by atoms with van der Waals surface area (Å²) < 4.78 is 33.5. The molecule has 0 aliphatic carbocycles. The quantitative estimate of drug-likeness (QED) is 0.720. The van der Waals surface area contributed by atoms with Crippen LogP contribution in [0.25, 0.3) is 0 Å². The largest absolute Gasteiger partial charge is 0.378 e. The van der Waals surface area contributed by atoms with Crippen molar-refractivity contribution < 1.29 is 17.9 Å². The van der Waals surface area contributed by atoms with Gasteiger partial charge >= 0.3 is 0 Å². The molecule has 0 N–H and O–H groups in total. The van der Waals surface area contributed by atoms with Gasteiger partial charge in [0.25, 0.3) is 15.9 Å². The first-order valence-electron chi connectivity index (χ1n) is 8.75. The molecule has 4 rings (SSSR count). The van der Waals surface area contributed by atoms with Crippen molar-refractivity contribution >= 4 is 37.5 Å². The van der Waals surface area contributed by atoms with E-state index in [1.807, 2.05) is 6.07 Å². The number of fused-ring (bicyclic) bond motifs is 1. The lowest BCUT2D eigenvalue weighted by atomic mass is 10.1. The number of anilines is 1. The molecule has 0 unspecified atom stereocenters. The molecular weight excluding hydrogens is 432 g/mol. The van der Waals surface area contributed by atoms with E-state index in [4.69, 9.17) is 4.74 Å². The number of carbonyl (C=O) groups is 1. The molecule has 2 aliphatic heterocycles. The summed E-state index contributed by atoms with van der Waals surface area (Å²) in [4.78, 5) is 14.7. The molecule has 27 heavy (non-hydrogen) atoms. The van der Waals surface area contributed by atoms with Crippen molar-refractivity contribution in [2.24, 2.45) is 0 Å². The smallest absolute Gasteiger partial charge is 0.264 e. The second-order valence-electron chi connectivity index (χ2n) is 6.53. The van der Waals surface area contributed by atoms with Crippen molar-refractivity contribution in [3.8, 4) is 0 Å². The molecule has 2 aliphatic rings. The zero-order chi connectivity index (χ0) is 19.0. The molecule has 2 aromatic rings. The third-order valence-electron chi connectivity index (χ3n) is 4.88. The lowest BCUT2D eigenvalue weighted by molar-refractivity contribution is 0.0303. The molecule has 1 amide bonds. The number of nitrogens with zero attached hydrogens (tertiary/aromatic N) is 2. The number of ether oxygens (including phenoxy) is 1. The normalized spacial score (nSPS) is 17.1. The number of morpholine rings is 1. The number of benzene rings is 2. The van der Waals surface area contributed by atoms with Gasteiger partial charge in [-0.1, -0.05) is 15.9 Å². The predicted molar refractivity (Wildman–Crippen MR) is 106 cm³/mol. The standard InChI is InChI=1S/C19H19BrN2O4S/c20-16-2-4-17(5-3-16)27(24,25)22-8-7-14-13-15(1-6-18(14)22)19(23)21-9-11-26-12-10-21/h1-6,13H,7-12H2. The van der Waals surface area contributed by atoms with Crippen LogP contribution in [0.15, 0.2) is 51.8 Å². The third kappa shape index (κ3) is 3.49. The highest BCUT2D eigenvalue weighted by atomic mass is 79.9. The van der Waals surface area contributed by atoms with Gasteiger partial charge in [-0.3, -0.25) is 9.10 Å². The van der Waals surface area contributed by atoms with Gasteiger partial charge in [-0.05, 0) is 54.4 Å². The van der Waals surface area contributed by atoms with Gasteiger partial charge in [0.1, 0.15) is 0 Å². The average Bonchev–Trinajstić information content (AvgIpc) is 3.12. The minimum Gasteiger partial charge on any atom is -0.378 e. The van der Waals surface area contributed by atoms with E-state index in [1.165, 1.54) is 4.31 Å². The van der Waals surface area contributed by atoms with E-state index in [0.29, 0.717) is 50.5 Å². The van der Waals surface area contributed by atoms with Gasteiger partial charge in [0.05, 0.1) is 23.8 Å². The maximum absolute atomic E-state index is 13.0. The van der Waals surface area contributed by atoms with Crippen LogP contribution in [-0.4, -0.2) is 52.1 Å². The Morgan fingerprint density at radius 3 is 2.41 bits per heavy atom. The molecule has 0 atom stereocenters. The van der Waals surface area contributed by atoms with Crippen LogP contribution in [0.3, 0.4) is 0 Å². The summed E-state index contributed by atoms with van der Waals surface area (Å²) >= 11 is 3.32. The Balaban J connectivity index is 1.61. The zero-order valence-corrected chi connectivity index (χ0v) is 17.0. The zero-order valence-electron chi connectivity index (χ0n) is 14.6. The number of hydrogen-bond donors (Lipinski definition) is 0. The first-order chi connectivity index (χ1) is 13.0. The van der Waals surface area contributed by atoms with Crippen molar-refractivity contribution in [2.75, 3.05) is 37.2 Å². The molecule has 0 saturated carbocycles. The van der Waals surface area contributed by atoms with Gasteiger partial charge in [-0.25, -0.2) is 8.42 Å². The summed E-state index contributed by atoms with van der Waals surface area (Å²) in [7, 11) is -3.62. The van der Waals surface area contributed by atoms with Crippen molar-refractivity contribution in [1.82, 2.24) is 4.90 Å². The maximum atomic E-state index is 13.0. The first kappa shape index (κ1) is 18.5. The summed E-state index contributed by atoms with van der Waals surface area (Å²) in [6.45, 7) is 2.65. The SMILES string of the molecule is O=C(c1ccc2c(c1)CCN2S(=O)(=O)c1ccc(Br)cc1)N1CCOCC1. The summed E-state index contributed by atoms with van der Waals surface area (Å²) in [5, 5.41) is 0. The van der Waals surface area contributed by atoms with Crippen LogP contribution < -0.4 is 4.31 Å². The van der Waals surface area contributed by atoms with Gasteiger partial charge in [-0.2, -0.15) is 0 Å². The van der Waals surface area contributed by atoms with Gasteiger partial charge < -0.3 is 9.64 Å². The van der Waals surface area contributed by atoms with Crippen LogP contribution in [0.4, 0.5) is 5.69 Å². The first-order valence-corrected chi connectivity index (χ1v) is 11.0. The minimum atomic E-state index is -3.62. The Kier molecular flexibility index (Phi) is 4.96. The van der Waals surface area contributed by atoms with Gasteiger partial charge in [0.2, 0.25) is 0 Å². The highest BCUT2D eigenvalue weighted by Gasteiger charge is 2.31. The van der Waals surface area contributed by atoms with E-state index in [1.54, 1.807) is 41.3 Å². The fourth-order valence-corrected chi connectivity index (χ4v) is 5.20. The van der Waals surface area contributed by atoms with E-state index < -0.39 is 10.0 Å². The number of rotatable bonds is 3. The lowest BCUT2D eigenvalue weighted by Gasteiger charge is -2.27. The molecule has 6 nitrogen and oxygen atoms in total. The minimum absolute atomic E-state index is 0.0321. The van der Waals surface area contributed by atoms with Crippen LogP contribution in [-0.2, 0) is 21.2 Å². The van der Waals surface area contributed by atoms with Gasteiger partial charge in [0, 0.05) is 29.7 Å². The van der Waals surface area contributed by atoms with Gasteiger partial charge in [-0.15, -0.1) is 0 Å². The van der Waals surface area contributed by atoms with E-state index in [2.05, 4.69) is 15.9 Å². The molecule has 0 radical (unpaired) electrons. The molecule has 1 fully saturated rings. The number of amides is 1. The van der Waals surface area contributed by atoms with Crippen LogP contribution in [0.5, 0.6) is 0 Å². The Labute approximate surface area is 166 Å². The highest BCUT2D eigenvalue weighted by molar-refractivity contribution is 9.10. The molecule has 0 aromatic heterocycles. The lowest BCUT2D eigenvalue weighted by Crippen LogP contribution is -2.40. The van der Waals surface area contributed by atoms with Crippen molar-refractivity contribution in [3.63, 3.8) is 0 Å². The number of halogens is 1. The number of sulfonamides is 1. The summed E-state index contributed by atoms with van der Waals surface area (Å²) in [6.07, 6.45) is 0.593. The molecule has 0 spiro atoms. The van der Waals surface area contributed by atoms with E-state index in [-0.39, 0.29) is 10.8 Å². The predicted octanol–water partition coefficient (Wildman–Crippen LogP) is 2.67. The number of carbonyl (C=O) groups excluding carboxylic acids is 1. The highest BCUT2D eigenvalue weighted by Crippen LogP contribution is 2.34. The molecule has 0 bridgehead atoms. The Morgan fingerprint density at radius 2 is 1.70 bits per heavy atom. The Bertz CT molecular complexity index is 970. The van der Waals surface area contributed by atoms with Crippen molar-refractivity contribution in [1.29, 1.82) is 0 Å². The Morgan fingerprint density at radius 1 is 1.00 bits per heavy atom. The third-order valence-corrected chi connectivity index (χ3v) is 7.24. The van der Waals surface area contributed by atoms with Crippen LogP contribution >= 0.6 is 15.9 Å². The van der Waals surface area contributed by atoms with Crippen molar-refractivity contribution in [3.05, 3.63) is 58.1 Å². The second-order valence-corrected chi connectivity index (χ2v) is 9.31. The van der Waals surface area contributed by atoms with E-state index in [0.717, 1.165) is 10.0 Å². The monoisotopic (exact) mass is 450 g/mol. The average molecular weight is 451 g/mol. The van der Waals surface area contributed by atoms with E-state index in [9.17, 15) is 13.2 Å². The fourth-order valence-electron chi connectivity index (χ4n) is 3.44. The fraction of sp³-hybridized carbons (Fsp3) is 0.316.